The Kier molecular flexibility index (Phi) is 5.42. The van der Waals surface area contributed by atoms with E-state index in [0.717, 1.165) is 27.7 Å². The number of hydrogen-bond acceptors (Lipinski definition) is 7. The van der Waals surface area contributed by atoms with Crippen LogP contribution in [-0.2, 0) is 4.74 Å². The van der Waals surface area contributed by atoms with Crippen molar-refractivity contribution in [1.29, 1.82) is 0 Å². The van der Waals surface area contributed by atoms with E-state index in [-0.39, 0.29) is 18.0 Å². The summed E-state index contributed by atoms with van der Waals surface area (Å²) in [4.78, 5) is 29.0. The summed E-state index contributed by atoms with van der Waals surface area (Å²) < 4.78 is 19.5. The Bertz CT molecular complexity index is 1060. The largest absolute Gasteiger partial charge is 0.383 e. The van der Waals surface area contributed by atoms with Gasteiger partial charge >= 0.3 is 0 Å². The number of thiophene rings is 1. The maximum atomic E-state index is 13.5. The molecule has 1 aliphatic rings. The Hall–Kier alpha value is -2.65. The van der Waals surface area contributed by atoms with Crippen LogP contribution >= 0.6 is 11.3 Å². The van der Waals surface area contributed by atoms with Gasteiger partial charge in [0.2, 0.25) is 5.95 Å². The summed E-state index contributed by atoms with van der Waals surface area (Å²) in [5.74, 6) is -0.186. The number of aromatic nitrogens is 3. The summed E-state index contributed by atoms with van der Waals surface area (Å²) in [5, 5.41) is 3.17. The zero-order valence-electron chi connectivity index (χ0n) is 16.5. The molecule has 1 aliphatic heterocycles. The Balaban J connectivity index is 1.66. The fraction of sp³-hybridized carbons (Fsp3) is 0.400. The van der Waals surface area contributed by atoms with E-state index >= 15 is 0 Å². The first-order valence-electron chi connectivity index (χ1n) is 9.41. The number of pyridine rings is 1. The Labute approximate surface area is 171 Å². The van der Waals surface area contributed by atoms with E-state index in [2.05, 4.69) is 20.3 Å². The molecule has 0 bridgehead atoms. The van der Waals surface area contributed by atoms with Crippen LogP contribution in [0, 0.1) is 12.7 Å². The van der Waals surface area contributed by atoms with Gasteiger partial charge in [0, 0.05) is 24.7 Å². The molecule has 1 amide bonds. The molecular weight excluding hydrogens is 393 g/mol. The molecule has 2 atom stereocenters. The number of halogens is 1. The lowest BCUT2D eigenvalue weighted by Gasteiger charge is -2.40. The van der Waals surface area contributed by atoms with Gasteiger partial charge in [-0.2, -0.15) is 0 Å². The number of nitrogens with one attached hydrogen (secondary N) is 1. The number of likely N-dealkylation sites (tertiary alicyclic amines) is 1. The molecule has 0 spiro atoms. The third-order valence-corrected chi connectivity index (χ3v) is 6.08. The Morgan fingerprint density at radius 2 is 2.24 bits per heavy atom. The molecule has 7 nitrogen and oxygen atoms in total. The predicted octanol–water partition coefficient (Wildman–Crippen LogP) is 3.57. The van der Waals surface area contributed by atoms with Gasteiger partial charge in [-0.1, -0.05) is 0 Å². The number of ether oxygens (including phenoxy) is 1. The number of anilines is 1. The van der Waals surface area contributed by atoms with Gasteiger partial charge in [0.25, 0.3) is 5.91 Å². The Morgan fingerprint density at radius 3 is 2.93 bits per heavy atom. The monoisotopic (exact) mass is 415 g/mol. The van der Waals surface area contributed by atoms with Crippen molar-refractivity contribution in [2.75, 3.05) is 25.6 Å². The van der Waals surface area contributed by atoms with Crippen molar-refractivity contribution < 1.29 is 13.9 Å². The van der Waals surface area contributed by atoms with Crippen molar-refractivity contribution in [1.82, 2.24) is 19.9 Å². The first-order valence-corrected chi connectivity index (χ1v) is 10.2. The van der Waals surface area contributed by atoms with Crippen LogP contribution < -0.4 is 5.32 Å². The van der Waals surface area contributed by atoms with Crippen LogP contribution in [0.1, 0.15) is 40.3 Å². The summed E-state index contributed by atoms with van der Waals surface area (Å²) in [6.07, 6.45) is 3.68. The van der Waals surface area contributed by atoms with Crippen LogP contribution in [0.4, 0.5) is 10.3 Å². The van der Waals surface area contributed by atoms with Crippen LogP contribution in [0.15, 0.2) is 24.5 Å². The minimum Gasteiger partial charge on any atom is -0.383 e. The lowest BCUT2D eigenvalue weighted by Crippen LogP contribution is -2.53. The fourth-order valence-corrected chi connectivity index (χ4v) is 4.34. The van der Waals surface area contributed by atoms with Gasteiger partial charge in [-0.05, 0) is 38.0 Å². The molecule has 0 saturated carbocycles. The van der Waals surface area contributed by atoms with Crippen molar-refractivity contribution >= 4 is 33.4 Å². The summed E-state index contributed by atoms with van der Waals surface area (Å²) in [5.41, 5.74) is 1.79. The molecule has 0 aromatic carbocycles. The maximum absolute atomic E-state index is 13.5. The van der Waals surface area contributed by atoms with Crippen molar-refractivity contribution in [3.8, 4) is 0 Å². The van der Waals surface area contributed by atoms with E-state index < -0.39 is 5.82 Å². The quantitative estimate of drug-likeness (QED) is 0.663. The number of methoxy groups -OCH3 is 1. The SMILES string of the molecule is COCC1CCN1C(=O)c1nc(NC(C)c2cncc(F)c2)nc2cc(C)sc12. The highest BCUT2D eigenvalue weighted by molar-refractivity contribution is 7.19. The zero-order chi connectivity index (χ0) is 20.5. The minimum atomic E-state index is -0.404. The van der Waals surface area contributed by atoms with E-state index in [1.807, 2.05) is 19.9 Å². The van der Waals surface area contributed by atoms with Crippen LogP contribution in [0.2, 0.25) is 0 Å². The number of rotatable bonds is 6. The van der Waals surface area contributed by atoms with Crippen LogP contribution in [-0.4, -0.2) is 52.1 Å². The average molecular weight is 415 g/mol. The second-order valence-corrected chi connectivity index (χ2v) is 8.42. The summed E-state index contributed by atoms with van der Waals surface area (Å²) in [6.45, 7) is 5.05. The molecule has 3 aromatic heterocycles. The molecule has 9 heteroatoms. The summed E-state index contributed by atoms with van der Waals surface area (Å²) in [6, 6.07) is 3.16. The molecule has 1 saturated heterocycles. The third kappa shape index (κ3) is 3.92. The first kappa shape index (κ1) is 19.7. The van der Waals surface area contributed by atoms with E-state index in [9.17, 15) is 9.18 Å². The van der Waals surface area contributed by atoms with Crippen molar-refractivity contribution in [3.05, 3.63) is 46.5 Å². The topological polar surface area (TPSA) is 80.2 Å². The van der Waals surface area contributed by atoms with Crippen LogP contribution in [0.25, 0.3) is 10.2 Å². The highest BCUT2D eigenvalue weighted by Gasteiger charge is 2.34. The molecule has 1 N–H and O–H groups in total. The lowest BCUT2D eigenvalue weighted by molar-refractivity contribution is 0.0199. The standard InChI is InChI=1S/C20H22FN5O2S/c1-11-6-16-18(29-11)17(19(27)26-5-4-15(26)10-28-3)25-20(24-16)23-12(2)13-7-14(21)9-22-8-13/h6-9,12,15H,4-5,10H2,1-3H3,(H,23,24,25). The second kappa shape index (κ2) is 8.00. The van der Waals surface area contributed by atoms with Gasteiger partial charge < -0.3 is 15.0 Å². The summed E-state index contributed by atoms with van der Waals surface area (Å²) in [7, 11) is 1.64. The molecule has 2 unspecified atom stereocenters. The molecule has 4 rings (SSSR count). The van der Waals surface area contributed by atoms with Gasteiger partial charge in [0.1, 0.15) is 5.82 Å². The third-order valence-electron chi connectivity index (χ3n) is 5.03. The number of aryl methyl sites for hydroxylation is 1. The summed E-state index contributed by atoms with van der Waals surface area (Å²) >= 11 is 1.51. The van der Waals surface area contributed by atoms with Gasteiger partial charge in [-0.3, -0.25) is 9.78 Å². The van der Waals surface area contributed by atoms with Gasteiger partial charge in [0.15, 0.2) is 5.69 Å². The number of carbonyl (C=O) groups is 1. The van der Waals surface area contributed by atoms with Crippen LogP contribution in [0.5, 0.6) is 0 Å². The zero-order valence-corrected chi connectivity index (χ0v) is 17.3. The highest BCUT2D eigenvalue weighted by Crippen LogP contribution is 2.31. The van der Waals surface area contributed by atoms with E-state index in [1.54, 1.807) is 18.2 Å². The molecule has 152 valence electrons. The maximum Gasteiger partial charge on any atom is 0.274 e. The number of nitrogens with zero attached hydrogens (tertiary/aromatic N) is 4. The average Bonchev–Trinajstić information content (AvgIpc) is 3.04. The smallest absolute Gasteiger partial charge is 0.274 e. The van der Waals surface area contributed by atoms with Gasteiger partial charge in [0.05, 0.1) is 35.1 Å². The minimum absolute atomic E-state index is 0.0762. The molecule has 3 aromatic rings. The van der Waals surface area contributed by atoms with Crippen molar-refractivity contribution in [2.24, 2.45) is 0 Å². The molecule has 1 fully saturated rings. The van der Waals surface area contributed by atoms with Crippen molar-refractivity contribution in [2.45, 2.75) is 32.4 Å². The van der Waals surface area contributed by atoms with Crippen LogP contribution in [0.3, 0.4) is 0 Å². The van der Waals surface area contributed by atoms with Crippen molar-refractivity contribution in [3.63, 3.8) is 0 Å². The molecule has 29 heavy (non-hydrogen) atoms. The lowest BCUT2D eigenvalue weighted by atomic mass is 10.0. The number of carbonyl (C=O) groups excluding carboxylic acids is 1. The first-order chi connectivity index (χ1) is 14.0. The second-order valence-electron chi connectivity index (χ2n) is 7.17. The van der Waals surface area contributed by atoms with Gasteiger partial charge in [-0.25, -0.2) is 14.4 Å². The fourth-order valence-electron chi connectivity index (χ4n) is 3.41. The predicted molar refractivity (Wildman–Crippen MR) is 110 cm³/mol. The molecule has 0 aliphatic carbocycles. The normalized spacial score (nSPS) is 17.2. The number of hydrogen-bond donors (Lipinski definition) is 1. The molecule has 4 heterocycles. The van der Waals surface area contributed by atoms with Gasteiger partial charge in [-0.15, -0.1) is 11.3 Å². The molecule has 0 radical (unpaired) electrons. The van der Waals surface area contributed by atoms with E-state index in [0.29, 0.717) is 30.4 Å². The molecular formula is C20H22FN5O2S. The highest BCUT2D eigenvalue weighted by atomic mass is 32.1. The number of fused-ring (bicyclic) bond motifs is 1. The number of amides is 1. The Morgan fingerprint density at radius 1 is 1.41 bits per heavy atom. The van der Waals surface area contributed by atoms with E-state index in [1.165, 1.54) is 17.4 Å². The van der Waals surface area contributed by atoms with E-state index in [4.69, 9.17) is 4.74 Å².